The minimum Gasteiger partial charge on any atom is -0.385 e. The summed E-state index contributed by atoms with van der Waals surface area (Å²) in [7, 11) is 1.62. The maximum atomic E-state index is 13.3. The molecule has 1 aromatic carbocycles. The van der Waals surface area contributed by atoms with Gasteiger partial charge in [0.25, 0.3) is 11.5 Å². The van der Waals surface area contributed by atoms with Gasteiger partial charge < -0.3 is 10.1 Å². The van der Waals surface area contributed by atoms with Gasteiger partial charge in [0.05, 0.1) is 10.5 Å². The molecule has 7 nitrogen and oxygen atoms in total. The normalized spacial score (nSPS) is 15.1. The first kappa shape index (κ1) is 23.2. The molecule has 1 amide bonds. The Hall–Kier alpha value is -3.01. The summed E-state index contributed by atoms with van der Waals surface area (Å²) in [6.07, 6.45) is 4.74. The fraction of sp³-hybridized carbons (Fsp3) is 0.250. The van der Waals surface area contributed by atoms with Crippen LogP contribution in [-0.4, -0.2) is 51.3 Å². The summed E-state index contributed by atoms with van der Waals surface area (Å²) in [4.78, 5) is 32.9. The van der Waals surface area contributed by atoms with E-state index in [0.717, 1.165) is 6.42 Å². The molecule has 0 aliphatic carbocycles. The van der Waals surface area contributed by atoms with E-state index in [1.54, 1.807) is 36.4 Å². The average molecular weight is 481 g/mol. The number of methoxy groups -OCH3 is 1. The molecule has 9 heteroatoms. The van der Waals surface area contributed by atoms with Gasteiger partial charge in [-0.2, -0.15) is 0 Å². The minimum atomic E-state index is -0.243. The average Bonchev–Trinajstić information content (AvgIpc) is 3.09. The molecule has 170 valence electrons. The second-order valence-electron chi connectivity index (χ2n) is 7.45. The van der Waals surface area contributed by atoms with Crippen LogP contribution >= 0.6 is 24.0 Å². The van der Waals surface area contributed by atoms with Crippen LogP contribution in [0.4, 0.5) is 5.82 Å². The molecule has 0 saturated carbocycles. The van der Waals surface area contributed by atoms with E-state index in [1.807, 2.05) is 24.3 Å². The molecule has 2 aromatic heterocycles. The number of benzene rings is 1. The Morgan fingerprint density at radius 3 is 2.73 bits per heavy atom. The molecule has 0 spiro atoms. The number of ether oxygens (including phenoxy) is 1. The van der Waals surface area contributed by atoms with E-state index < -0.39 is 0 Å². The monoisotopic (exact) mass is 480 g/mol. The third kappa shape index (κ3) is 5.32. The Balaban J connectivity index is 1.64. The fourth-order valence-corrected chi connectivity index (χ4v) is 4.82. The Bertz CT molecular complexity index is 1260. The molecule has 3 heterocycles. The third-order valence-electron chi connectivity index (χ3n) is 5.20. The van der Waals surface area contributed by atoms with Gasteiger partial charge in [-0.3, -0.25) is 18.9 Å². The predicted octanol–water partition coefficient (Wildman–Crippen LogP) is 3.59. The van der Waals surface area contributed by atoms with Crippen molar-refractivity contribution in [3.8, 4) is 0 Å². The van der Waals surface area contributed by atoms with Gasteiger partial charge in [0.1, 0.15) is 15.8 Å². The van der Waals surface area contributed by atoms with Gasteiger partial charge >= 0.3 is 0 Å². The maximum Gasteiger partial charge on any atom is 0.267 e. The standard InChI is InChI=1S/C24H24N4O3S2/c1-31-15-7-14-28-23(30)19(33-24(28)32)16-18-21(25-12-11-17-8-3-2-4-9-17)26-20-10-5-6-13-27(20)22(18)29/h2-6,8-10,13,16,25H,7,11-12,14-15H2,1H3/b19-16-. The van der Waals surface area contributed by atoms with Crippen LogP contribution in [0, 0.1) is 0 Å². The quantitative estimate of drug-likeness (QED) is 0.285. The lowest BCUT2D eigenvalue weighted by Gasteiger charge is -2.13. The number of hydrogen-bond donors (Lipinski definition) is 1. The lowest BCUT2D eigenvalue weighted by atomic mass is 10.1. The number of aromatic nitrogens is 2. The molecule has 1 fully saturated rings. The van der Waals surface area contributed by atoms with Crippen molar-refractivity contribution in [3.63, 3.8) is 0 Å². The molecule has 1 saturated heterocycles. The molecule has 0 unspecified atom stereocenters. The summed E-state index contributed by atoms with van der Waals surface area (Å²) in [6, 6.07) is 15.5. The Morgan fingerprint density at radius 2 is 1.94 bits per heavy atom. The molecule has 0 bridgehead atoms. The van der Waals surface area contributed by atoms with Crippen LogP contribution in [0.3, 0.4) is 0 Å². The Morgan fingerprint density at radius 1 is 1.15 bits per heavy atom. The van der Waals surface area contributed by atoms with Crippen molar-refractivity contribution in [1.29, 1.82) is 0 Å². The van der Waals surface area contributed by atoms with Crippen molar-refractivity contribution < 1.29 is 9.53 Å². The molecular formula is C24H24N4O3S2. The summed E-state index contributed by atoms with van der Waals surface area (Å²) in [5.41, 5.74) is 1.81. The van der Waals surface area contributed by atoms with Crippen molar-refractivity contribution >= 4 is 51.7 Å². The van der Waals surface area contributed by atoms with E-state index in [0.29, 0.717) is 52.4 Å². The van der Waals surface area contributed by atoms with E-state index in [-0.39, 0.29) is 11.5 Å². The highest BCUT2D eigenvalue weighted by Gasteiger charge is 2.32. The largest absolute Gasteiger partial charge is 0.385 e. The highest BCUT2D eigenvalue weighted by atomic mass is 32.2. The summed E-state index contributed by atoms with van der Waals surface area (Å²) in [5.74, 6) is 0.251. The van der Waals surface area contributed by atoms with E-state index in [9.17, 15) is 9.59 Å². The number of thiocarbonyl (C=S) groups is 1. The summed E-state index contributed by atoms with van der Waals surface area (Å²) in [6.45, 7) is 1.62. The van der Waals surface area contributed by atoms with Crippen molar-refractivity contribution in [3.05, 3.63) is 81.1 Å². The zero-order valence-corrected chi connectivity index (χ0v) is 19.8. The molecule has 0 radical (unpaired) electrons. The van der Waals surface area contributed by atoms with Gasteiger partial charge in [-0.1, -0.05) is 60.4 Å². The van der Waals surface area contributed by atoms with Crippen LogP contribution in [0.15, 0.2) is 64.4 Å². The van der Waals surface area contributed by atoms with Crippen molar-refractivity contribution in [2.24, 2.45) is 0 Å². The van der Waals surface area contributed by atoms with E-state index >= 15 is 0 Å². The van der Waals surface area contributed by atoms with Gasteiger partial charge in [0, 0.05) is 33.0 Å². The highest BCUT2D eigenvalue weighted by Crippen LogP contribution is 2.33. The topological polar surface area (TPSA) is 75.9 Å². The fourth-order valence-electron chi connectivity index (χ4n) is 3.53. The number of amides is 1. The number of hydrogen-bond acceptors (Lipinski definition) is 7. The molecule has 1 aliphatic heterocycles. The molecule has 1 aliphatic rings. The summed E-state index contributed by atoms with van der Waals surface area (Å²) in [5, 5.41) is 3.30. The van der Waals surface area contributed by atoms with Gasteiger partial charge in [-0.25, -0.2) is 4.98 Å². The molecule has 1 N–H and O–H groups in total. The maximum absolute atomic E-state index is 13.3. The smallest absolute Gasteiger partial charge is 0.267 e. The van der Waals surface area contributed by atoms with Crippen molar-refractivity contribution in [1.82, 2.24) is 14.3 Å². The number of nitrogens with one attached hydrogen (secondary N) is 1. The number of carbonyl (C=O) groups is 1. The molecule has 4 rings (SSSR count). The predicted molar refractivity (Wildman–Crippen MR) is 136 cm³/mol. The van der Waals surface area contributed by atoms with E-state index in [2.05, 4.69) is 22.4 Å². The van der Waals surface area contributed by atoms with Crippen molar-refractivity contribution in [2.45, 2.75) is 12.8 Å². The molecule has 33 heavy (non-hydrogen) atoms. The van der Waals surface area contributed by atoms with Crippen LogP contribution < -0.4 is 10.9 Å². The zero-order chi connectivity index (χ0) is 23.2. The Kier molecular flexibility index (Phi) is 7.54. The molecule has 3 aromatic rings. The summed E-state index contributed by atoms with van der Waals surface area (Å²) < 4.78 is 7.03. The van der Waals surface area contributed by atoms with Gasteiger partial charge in [0.2, 0.25) is 0 Å². The van der Waals surface area contributed by atoms with Gasteiger partial charge in [0.15, 0.2) is 0 Å². The zero-order valence-electron chi connectivity index (χ0n) is 18.2. The van der Waals surface area contributed by atoms with E-state index in [4.69, 9.17) is 17.0 Å². The minimum absolute atomic E-state index is 0.200. The third-order valence-corrected chi connectivity index (χ3v) is 6.57. The van der Waals surface area contributed by atoms with Crippen molar-refractivity contribution in [2.75, 3.05) is 32.1 Å². The first-order valence-electron chi connectivity index (χ1n) is 10.6. The number of pyridine rings is 1. The van der Waals surface area contributed by atoms with Crippen LogP contribution in [0.5, 0.6) is 0 Å². The number of nitrogens with zero attached hydrogens (tertiary/aromatic N) is 3. The molecular weight excluding hydrogens is 456 g/mol. The Labute approximate surface area is 201 Å². The SMILES string of the molecule is COCCCN1C(=O)/C(=C/c2c(NCCc3ccccc3)nc3ccccn3c2=O)SC1=S. The van der Waals surface area contributed by atoms with Crippen LogP contribution in [-0.2, 0) is 16.0 Å². The van der Waals surface area contributed by atoms with Gasteiger partial charge in [-0.15, -0.1) is 0 Å². The number of carbonyl (C=O) groups excluding carboxylic acids is 1. The highest BCUT2D eigenvalue weighted by molar-refractivity contribution is 8.26. The van der Waals surface area contributed by atoms with Crippen LogP contribution in [0.2, 0.25) is 0 Å². The van der Waals surface area contributed by atoms with Gasteiger partial charge in [-0.05, 0) is 36.6 Å². The lowest BCUT2D eigenvalue weighted by Crippen LogP contribution is -2.29. The number of thioether (sulfide) groups is 1. The first-order chi connectivity index (χ1) is 16.1. The number of rotatable bonds is 9. The number of anilines is 1. The van der Waals surface area contributed by atoms with Crippen LogP contribution in [0.1, 0.15) is 17.5 Å². The summed E-state index contributed by atoms with van der Waals surface area (Å²) >= 11 is 6.60. The number of fused-ring (bicyclic) bond motifs is 1. The molecule has 0 atom stereocenters. The first-order valence-corrected chi connectivity index (χ1v) is 11.8. The van der Waals surface area contributed by atoms with Crippen LogP contribution in [0.25, 0.3) is 11.7 Å². The lowest BCUT2D eigenvalue weighted by molar-refractivity contribution is -0.122. The van der Waals surface area contributed by atoms with E-state index in [1.165, 1.54) is 21.7 Å². The second-order valence-corrected chi connectivity index (χ2v) is 9.13. The second kappa shape index (κ2) is 10.7.